The normalized spacial score (nSPS) is 18.4. The fraction of sp³-hybridized carbons (Fsp3) is 0.462. The molecule has 1 aromatic rings. The van der Waals surface area contributed by atoms with E-state index in [1.807, 2.05) is 0 Å². The molecule has 1 saturated heterocycles. The van der Waals surface area contributed by atoms with E-state index in [-0.39, 0.29) is 16.8 Å². The third kappa shape index (κ3) is 4.29. The summed E-state index contributed by atoms with van der Waals surface area (Å²) in [5, 5.41) is 0. The molecule has 8 heteroatoms. The summed E-state index contributed by atoms with van der Waals surface area (Å²) in [5.41, 5.74) is 6.52. The zero-order chi connectivity index (χ0) is 15.5. The van der Waals surface area contributed by atoms with Gasteiger partial charge in [-0.2, -0.15) is 0 Å². The molecule has 1 aliphatic heterocycles. The molecule has 116 valence electrons. The van der Waals surface area contributed by atoms with Gasteiger partial charge >= 0.3 is 0 Å². The number of ether oxygens (including phenoxy) is 2. The number of nitrogens with two attached hydrogens (primary N) is 1. The molecular weight excluding hydrogens is 312 g/mol. The smallest absolute Gasteiger partial charge is 0.235 e. The average Bonchev–Trinajstić information content (AvgIpc) is 2.90. The maximum Gasteiger partial charge on any atom is 0.235 e. The summed E-state index contributed by atoms with van der Waals surface area (Å²) in [6.07, 6.45) is 1.41. The maximum absolute atomic E-state index is 12.1. The molecule has 0 radical (unpaired) electrons. The Kier molecular flexibility index (Phi) is 5.02. The second kappa shape index (κ2) is 6.59. The zero-order valence-electron chi connectivity index (χ0n) is 11.7. The second-order valence-corrected chi connectivity index (χ2v) is 7.00. The Labute approximate surface area is 129 Å². The minimum Gasteiger partial charge on any atom is -0.495 e. The lowest BCUT2D eigenvalue weighted by molar-refractivity contribution is 0.127. The molecule has 2 rings (SSSR count). The van der Waals surface area contributed by atoms with E-state index in [1.165, 1.54) is 7.11 Å². The lowest BCUT2D eigenvalue weighted by atomic mass is 10.2. The number of methoxy groups -OCH3 is 1. The number of hydrogen-bond donors (Lipinski definition) is 2. The van der Waals surface area contributed by atoms with Crippen LogP contribution in [0.3, 0.4) is 0 Å². The Balaban J connectivity index is 2.15. The highest BCUT2D eigenvalue weighted by Gasteiger charge is 2.24. The molecule has 1 aliphatic rings. The molecule has 21 heavy (non-hydrogen) atoms. The average molecular weight is 330 g/mol. The fourth-order valence-electron chi connectivity index (χ4n) is 2.16. The van der Waals surface area contributed by atoms with Gasteiger partial charge in [0.1, 0.15) is 10.7 Å². The van der Waals surface area contributed by atoms with E-state index in [4.69, 9.17) is 27.4 Å². The van der Waals surface area contributed by atoms with Crippen molar-refractivity contribution in [3.8, 4) is 5.75 Å². The van der Waals surface area contributed by atoms with Crippen LogP contribution in [0.25, 0.3) is 0 Å². The van der Waals surface area contributed by atoms with Crippen LogP contribution in [0.2, 0.25) is 0 Å². The molecule has 0 bridgehead atoms. The summed E-state index contributed by atoms with van der Waals surface area (Å²) < 4.78 is 37.3. The Morgan fingerprint density at radius 2 is 2.33 bits per heavy atom. The Hall–Kier alpha value is -1.38. The number of benzene rings is 1. The van der Waals surface area contributed by atoms with Gasteiger partial charge in [-0.3, -0.25) is 4.72 Å². The molecule has 6 nitrogen and oxygen atoms in total. The van der Waals surface area contributed by atoms with Crippen molar-refractivity contribution in [1.82, 2.24) is 0 Å². The minimum absolute atomic E-state index is 0.0623. The van der Waals surface area contributed by atoms with Gasteiger partial charge in [-0.1, -0.05) is 12.2 Å². The van der Waals surface area contributed by atoms with Crippen molar-refractivity contribution in [3.05, 3.63) is 23.8 Å². The largest absolute Gasteiger partial charge is 0.495 e. The molecule has 1 unspecified atom stereocenters. The second-order valence-electron chi connectivity index (χ2n) is 4.80. The predicted octanol–water partition coefficient (Wildman–Crippen LogP) is 1.25. The molecule has 0 aliphatic carbocycles. The van der Waals surface area contributed by atoms with Gasteiger partial charge in [-0.25, -0.2) is 8.42 Å². The van der Waals surface area contributed by atoms with Crippen molar-refractivity contribution in [2.75, 3.05) is 24.2 Å². The predicted molar refractivity (Wildman–Crippen MR) is 85.3 cm³/mol. The highest BCUT2D eigenvalue weighted by molar-refractivity contribution is 7.92. The first-order valence-corrected chi connectivity index (χ1v) is 8.57. The zero-order valence-corrected chi connectivity index (χ0v) is 13.3. The number of anilines is 1. The van der Waals surface area contributed by atoms with E-state index in [9.17, 15) is 8.42 Å². The number of sulfonamides is 1. The maximum atomic E-state index is 12.1. The molecule has 0 spiro atoms. The van der Waals surface area contributed by atoms with Crippen molar-refractivity contribution < 1.29 is 17.9 Å². The SMILES string of the molecule is COc1cc(C(N)=S)ccc1NS(=O)(=O)CC1CCCO1. The van der Waals surface area contributed by atoms with Crippen LogP contribution in [0, 0.1) is 0 Å². The molecule has 0 saturated carbocycles. The lowest BCUT2D eigenvalue weighted by Gasteiger charge is -2.15. The Bertz CT molecular complexity index is 625. The Morgan fingerprint density at radius 1 is 1.57 bits per heavy atom. The van der Waals surface area contributed by atoms with Crippen molar-refractivity contribution >= 4 is 32.9 Å². The number of thiocarbonyl (C=S) groups is 1. The lowest BCUT2D eigenvalue weighted by Crippen LogP contribution is -2.26. The highest BCUT2D eigenvalue weighted by Crippen LogP contribution is 2.27. The van der Waals surface area contributed by atoms with E-state index < -0.39 is 10.0 Å². The van der Waals surface area contributed by atoms with Crippen LogP contribution in [0.1, 0.15) is 18.4 Å². The van der Waals surface area contributed by atoms with Crippen LogP contribution in [0.15, 0.2) is 18.2 Å². The van der Waals surface area contributed by atoms with E-state index in [0.29, 0.717) is 23.6 Å². The highest BCUT2D eigenvalue weighted by atomic mass is 32.2. The van der Waals surface area contributed by atoms with Crippen LogP contribution < -0.4 is 15.2 Å². The third-order valence-corrected chi connectivity index (χ3v) is 4.76. The summed E-state index contributed by atoms with van der Waals surface area (Å²) in [6.45, 7) is 0.617. The molecule has 0 aromatic heterocycles. The van der Waals surface area contributed by atoms with Crippen molar-refractivity contribution in [2.24, 2.45) is 5.73 Å². The molecule has 0 amide bonds. The van der Waals surface area contributed by atoms with Gasteiger partial charge in [0.05, 0.1) is 24.7 Å². The van der Waals surface area contributed by atoms with Crippen molar-refractivity contribution in [1.29, 1.82) is 0 Å². The van der Waals surface area contributed by atoms with Crippen molar-refractivity contribution in [3.63, 3.8) is 0 Å². The summed E-state index contributed by atoms with van der Waals surface area (Å²) in [7, 11) is -2.05. The van der Waals surface area contributed by atoms with Crippen molar-refractivity contribution in [2.45, 2.75) is 18.9 Å². The van der Waals surface area contributed by atoms with Gasteiger partial charge in [-0.15, -0.1) is 0 Å². The van der Waals surface area contributed by atoms with Gasteiger partial charge in [0.2, 0.25) is 10.0 Å². The first kappa shape index (κ1) is 16.0. The first-order chi connectivity index (χ1) is 9.91. The molecule has 3 N–H and O–H groups in total. The molecule has 1 aromatic carbocycles. The van der Waals surface area contributed by atoms with Crippen LogP contribution in [0.4, 0.5) is 5.69 Å². The van der Waals surface area contributed by atoms with Gasteiger partial charge in [0.25, 0.3) is 0 Å². The Morgan fingerprint density at radius 3 is 2.90 bits per heavy atom. The van der Waals surface area contributed by atoms with Gasteiger partial charge in [0, 0.05) is 12.2 Å². The van der Waals surface area contributed by atoms with Gasteiger partial charge in [-0.05, 0) is 31.0 Å². The van der Waals surface area contributed by atoms with E-state index in [2.05, 4.69) is 4.72 Å². The van der Waals surface area contributed by atoms with E-state index in [1.54, 1.807) is 18.2 Å². The third-order valence-electron chi connectivity index (χ3n) is 3.18. The number of rotatable bonds is 6. The monoisotopic (exact) mass is 330 g/mol. The molecule has 1 fully saturated rings. The van der Waals surface area contributed by atoms with E-state index >= 15 is 0 Å². The topological polar surface area (TPSA) is 90.6 Å². The number of nitrogens with one attached hydrogen (secondary N) is 1. The van der Waals surface area contributed by atoms with Crippen LogP contribution >= 0.6 is 12.2 Å². The summed E-state index contributed by atoms with van der Waals surface area (Å²) in [5.74, 6) is 0.309. The van der Waals surface area contributed by atoms with Gasteiger partial charge in [0.15, 0.2) is 0 Å². The van der Waals surface area contributed by atoms with Gasteiger partial charge < -0.3 is 15.2 Å². The quantitative estimate of drug-likeness (QED) is 0.763. The minimum atomic E-state index is -3.50. The molecular formula is C13H18N2O4S2. The summed E-state index contributed by atoms with van der Waals surface area (Å²) in [6, 6.07) is 4.83. The molecule has 1 heterocycles. The van der Waals surface area contributed by atoms with Crippen LogP contribution in [-0.2, 0) is 14.8 Å². The fourth-order valence-corrected chi connectivity index (χ4v) is 3.62. The summed E-state index contributed by atoms with van der Waals surface area (Å²) >= 11 is 4.88. The van der Waals surface area contributed by atoms with E-state index in [0.717, 1.165) is 12.8 Å². The first-order valence-electron chi connectivity index (χ1n) is 6.51. The molecule has 1 atom stereocenters. The van der Waals surface area contributed by atoms with Crippen LogP contribution in [0.5, 0.6) is 5.75 Å². The summed E-state index contributed by atoms with van der Waals surface area (Å²) in [4.78, 5) is 0.224. The van der Waals surface area contributed by atoms with Crippen LogP contribution in [-0.4, -0.2) is 39.0 Å². The standard InChI is InChI=1S/C13H18N2O4S2/c1-18-12-7-9(13(14)20)4-5-11(12)15-21(16,17)8-10-3-2-6-19-10/h4-5,7,10,15H,2-3,6,8H2,1H3,(H2,14,20). The number of hydrogen-bond acceptors (Lipinski definition) is 5.